The molecule has 124 valence electrons. The molecule has 0 heterocycles. The van der Waals surface area contributed by atoms with Gasteiger partial charge in [-0.15, -0.1) is 0 Å². The van der Waals surface area contributed by atoms with Gasteiger partial charge in [0.15, 0.2) is 0 Å². The molecule has 5 heteroatoms. The Balaban J connectivity index is 1.82. The van der Waals surface area contributed by atoms with Crippen LogP contribution in [0.15, 0.2) is 18.2 Å². The Hall–Kier alpha value is -1.62. The summed E-state index contributed by atoms with van der Waals surface area (Å²) in [6.45, 7) is 2.05. The molecule has 0 spiro atoms. The number of aryl methyl sites for hydroxylation is 1. The highest BCUT2D eigenvalue weighted by atomic mass is 16.6. The van der Waals surface area contributed by atoms with E-state index in [1.165, 1.54) is 0 Å². The van der Waals surface area contributed by atoms with Crippen molar-refractivity contribution < 1.29 is 15.1 Å². The number of rotatable bonds is 1. The predicted molar refractivity (Wildman–Crippen MR) is 84.9 cm³/mol. The smallest absolute Gasteiger partial charge is 0.220 e. The van der Waals surface area contributed by atoms with Crippen LogP contribution in [0.5, 0.6) is 5.75 Å². The van der Waals surface area contributed by atoms with Gasteiger partial charge in [-0.25, -0.2) is 0 Å². The number of fused-ring (bicyclic) bond motifs is 5. The van der Waals surface area contributed by atoms with E-state index >= 15 is 0 Å². The highest BCUT2D eigenvalue weighted by molar-refractivity contribution is 5.41. The summed E-state index contributed by atoms with van der Waals surface area (Å²) in [6.07, 6.45) is 3.54. The van der Waals surface area contributed by atoms with E-state index < -0.39 is 12.1 Å². The van der Waals surface area contributed by atoms with E-state index in [2.05, 4.69) is 0 Å². The second-order valence-electron chi connectivity index (χ2n) is 7.87. The van der Waals surface area contributed by atoms with E-state index in [9.17, 15) is 20.3 Å². The van der Waals surface area contributed by atoms with Gasteiger partial charge in [0.1, 0.15) is 5.75 Å². The first-order valence-electron chi connectivity index (χ1n) is 8.55. The number of benzene rings is 1. The molecule has 1 unspecified atom stereocenters. The first-order chi connectivity index (χ1) is 10.9. The van der Waals surface area contributed by atoms with Crippen molar-refractivity contribution in [3.63, 3.8) is 0 Å². The number of nitrogens with zero attached hydrogens (tertiary/aromatic N) is 1. The quantitative estimate of drug-likeness (QED) is 0.616. The Bertz CT molecular complexity index is 660. The number of nitro groups is 1. The zero-order chi connectivity index (χ0) is 16.4. The molecule has 3 aliphatic rings. The van der Waals surface area contributed by atoms with Gasteiger partial charge < -0.3 is 10.2 Å². The van der Waals surface area contributed by atoms with Crippen LogP contribution >= 0.6 is 0 Å². The Labute approximate surface area is 135 Å². The van der Waals surface area contributed by atoms with Crippen LogP contribution in [-0.2, 0) is 6.42 Å². The molecule has 5 nitrogen and oxygen atoms in total. The summed E-state index contributed by atoms with van der Waals surface area (Å²) in [7, 11) is 0. The van der Waals surface area contributed by atoms with Crippen LogP contribution in [0.1, 0.15) is 49.7 Å². The Morgan fingerprint density at radius 1 is 1.30 bits per heavy atom. The molecule has 1 aromatic carbocycles. The van der Waals surface area contributed by atoms with Crippen LogP contribution < -0.4 is 0 Å². The molecule has 3 aliphatic carbocycles. The number of aromatic hydroxyl groups is 1. The SMILES string of the molecule is C[C@]12CC([N+](=O)[O-])[C@@H]3c4ccc(O)cc4CC[C@@H]3[C@@H]1CC[C@@H]2O. The van der Waals surface area contributed by atoms with Gasteiger partial charge in [-0.05, 0) is 60.8 Å². The number of aliphatic hydroxyl groups excluding tert-OH is 1. The maximum Gasteiger partial charge on any atom is 0.220 e. The third-order valence-corrected chi connectivity index (χ3v) is 6.90. The average molecular weight is 317 g/mol. The minimum absolute atomic E-state index is 0.0854. The van der Waals surface area contributed by atoms with Gasteiger partial charge >= 0.3 is 0 Å². The molecule has 0 aromatic heterocycles. The normalized spacial score (nSPS) is 41.7. The van der Waals surface area contributed by atoms with Gasteiger partial charge in [-0.3, -0.25) is 10.1 Å². The second kappa shape index (κ2) is 4.94. The van der Waals surface area contributed by atoms with E-state index in [0.717, 1.165) is 36.8 Å². The lowest BCUT2D eigenvalue weighted by molar-refractivity contribution is -0.538. The molecule has 2 fully saturated rings. The number of phenolic OH excluding ortho intramolecular Hbond substituents is 1. The fourth-order valence-corrected chi connectivity index (χ4v) is 5.83. The molecule has 0 bridgehead atoms. The van der Waals surface area contributed by atoms with Crippen LogP contribution in [0.25, 0.3) is 0 Å². The van der Waals surface area contributed by atoms with Crippen LogP contribution in [-0.4, -0.2) is 27.3 Å². The molecular formula is C18H23NO4. The Morgan fingerprint density at radius 2 is 2.09 bits per heavy atom. The summed E-state index contributed by atoms with van der Waals surface area (Å²) in [5.41, 5.74) is 1.78. The van der Waals surface area contributed by atoms with Crippen LogP contribution in [0.3, 0.4) is 0 Å². The summed E-state index contributed by atoms with van der Waals surface area (Å²) in [4.78, 5) is 11.7. The standard InChI is InChI=1S/C18H23NO4/c1-18-9-15(19(22)23)17-12-5-3-11(20)8-10(12)2-4-13(17)14(18)6-7-16(18)21/h3,5,8,13-17,20-21H,2,4,6-7,9H2,1H3/t13-,14+,15?,16+,17-,18+/m1/s1. The van der Waals surface area contributed by atoms with E-state index in [0.29, 0.717) is 12.3 Å². The van der Waals surface area contributed by atoms with Crippen molar-refractivity contribution in [1.29, 1.82) is 0 Å². The van der Waals surface area contributed by atoms with Gasteiger partial charge in [0.25, 0.3) is 0 Å². The van der Waals surface area contributed by atoms with Gasteiger partial charge in [0, 0.05) is 16.8 Å². The molecule has 0 saturated heterocycles. The van der Waals surface area contributed by atoms with Crippen LogP contribution in [0.4, 0.5) is 0 Å². The summed E-state index contributed by atoms with van der Waals surface area (Å²) in [5, 5.41) is 32.0. The monoisotopic (exact) mass is 317 g/mol. The Morgan fingerprint density at radius 3 is 2.83 bits per heavy atom. The predicted octanol–water partition coefficient (Wildman–Crippen LogP) is 2.86. The third-order valence-electron chi connectivity index (χ3n) is 6.90. The van der Waals surface area contributed by atoms with E-state index in [1.54, 1.807) is 12.1 Å². The molecular weight excluding hydrogens is 294 g/mol. The zero-order valence-electron chi connectivity index (χ0n) is 13.3. The van der Waals surface area contributed by atoms with Gasteiger partial charge in [-0.2, -0.15) is 0 Å². The van der Waals surface area contributed by atoms with Gasteiger partial charge in [0.05, 0.1) is 12.0 Å². The van der Waals surface area contributed by atoms with Crippen molar-refractivity contribution >= 4 is 0 Å². The highest BCUT2D eigenvalue weighted by Crippen LogP contribution is 2.61. The zero-order valence-corrected chi connectivity index (χ0v) is 13.3. The van der Waals surface area contributed by atoms with Gasteiger partial charge in [0.2, 0.25) is 6.04 Å². The fourth-order valence-electron chi connectivity index (χ4n) is 5.83. The maximum absolute atomic E-state index is 11.8. The van der Waals surface area contributed by atoms with Crippen LogP contribution in [0.2, 0.25) is 0 Å². The molecule has 0 amide bonds. The molecule has 0 aliphatic heterocycles. The molecule has 2 saturated carbocycles. The van der Waals surface area contributed by atoms with Crippen molar-refractivity contribution in [2.24, 2.45) is 17.3 Å². The van der Waals surface area contributed by atoms with E-state index in [-0.39, 0.29) is 27.9 Å². The first kappa shape index (κ1) is 14.9. The fraction of sp³-hybridized carbons (Fsp3) is 0.667. The highest BCUT2D eigenvalue weighted by Gasteiger charge is 2.61. The topological polar surface area (TPSA) is 83.6 Å². The lowest BCUT2D eigenvalue weighted by Crippen LogP contribution is -2.52. The lowest BCUT2D eigenvalue weighted by atomic mass is 9.53. The first-order valence-corrected chi connectivity index (χ1v) is 8.55. The minimum atomic E-state index is -0.641. The third kappa shape index (κ3) is 2.02. The lowest BCUT2D eigenvalue weighted by Gasteiger charge is -2.50. The average Bonchev–Trinajstić information content (AvgIpc) is 2.81. The van der Waals surface area contributed by atoms with Crippen molar-refractivity contribution in [2.75, 3.05) is 0 Å². The van der Waals surface area contributed by atoms with E-state index in [4.69, 9.17) is 0 Å². The van der Waals surface area contributed by atoms with E-state index in [1.807, 2.05) is 13.0 Å². The summed E-state index contributed by atoms with van der Waals surface area (Å²) < 4.78 is 0. The van der Waals surface area contributed by atoms with Crippen LogP contribution in [0, 0.1) is 27.4 Å². The number of aliphatic hydroxyl groups is 1. The Kier molecular flexibility index (Phi) is 3.21. The summed E-state index contributed by atoms with van der Waals surface area (Å²) >= 11 is 0. The largest absolute Gasteiger partial charge is 0.508 e. The number of hydrogen-bond donors (Lipinski definition) is 2. The number of phenols is 1. The number of hydrogen-bond acceptors (Lipinski definition) is 4. The van der Waals surface area contributed by atoms with Gasteiger partial charge in [-0.1, -0.05) is 13.0 Å². The van der Waals surface area contributed by atoms with Crippen molar-refractivity contribution in [2.45, 2.75) is 57.1 Å². The van der Waals surface area contributed by atoms with Crippen molar-refractivity contribution in [3.8, 4) is 5.75 Å². The second-order valence-corrected chi connectivity index (χ2v) is 7.87. The molecule has 23 heavy (non-hydrogen) atoms. The summed E-state index contributed by atoms with van der Waals surface area (Å²) in [6, 6.07) is 4.65. The minimum Gasteiger partial charge on any atom is -0.508 e. The summed E-state index contributed by atoms with van der Waals surface area (Å²) in [5.74, 6) is 0.772. The van der Waals surface area contributed by atoms with Crippen molar-refractivity contribution in [1.82, 2.24) is 0 Å². The molecule has 1 aromatic rings. The molecule has 4 rings (SSSR count). The molecule has 0 radical (unpaired) electrons. The maximum atomic E-state index is 11.8. The van der Waals surface area contributed by atoms with Crippen molar-refractivity contribution in [3.05, 3.63) is 39.4 Å². The molecule has 6 atom stereocenters. The molecule has 2 N–H and O–H groups in total.